The Bertz CT molecular complexity index is 51.6. The van der Waals surface area contributed by atoms with E-state index in [1.54, 1.807) is 7.11 Å². The summed E-state index contributed by atoms with van der Waals surface area (Å²) in [5.41, 5.74) is 2.84. The normalized spacial score (nSPS) is 10.2. The van der Waals surface area contributed by atoms with Crippen LogP contribution in [0.25, 0.3) is 0 Å². The minimum Gasteiger partial charge on any atom is -0.385 e. The molecule has 0 aromatic carbocycles. The van der Waals surface area contributed by atoms with Crippen molar-refractivity contribution in [3.63, 3.8) is 0 Å². The number of ether oxygens (including phenoxy) is 1. The van der Waals surface area contributed by atoms with Crippen LogP contribution in [0.2, 0.25) is 0 Å². The van der Waals surface area contributed by atoms with Crippen molar-refractivity contribution < 1.29 is 9.57 Å². The Balaban J connectivity index is 2.65. The molecule has 0 fully saturated rings. The lowest BCUT2D eigenvalue weighted by Gasteiger charge is -2.01. The molecule has 0 aliphatic rings. The molecule has 0 bridgehead atoms. The number of hydrogen-bond donors (Lipinski definition) is 1. The molecule has 1 N–H and O–H groups in total. The van der Waals surface area contributed by atoms with Gasteiger partial charge in [0.05, 0.1) is 6.61 Å². The van der Waals surface area contributed by atoms with Gasteiger partial charge in [0, 0.05) is 20.3 Å². The Morgan fingerprint density at radius 1 is 1.30 bits per heavy atom. The summed E-state index contributed by atoms with van der Waals surface area (Å²) in [6.07, 6.45) is 2.20. The van der Waals surface area contributed by atoms with Crippen molar-refractivity contribution in [3.8, 4) is 0 Å². The Labute approximate surface area is 62.7 Å². The molecule has 0 rings (SSSR count). The summed E-state index contributed by atoms with van der Waals surface area (Å²) in [5.74, 6) is 0. The Kier molecular flexibility index (Phi) is 8.77. The van der Waals surface area contributed by atoms with E-state index in [9.17, 15) is 0 Å². The Hall–Kier alpha value is -0.120. The van der Waals surface area contributed by atoms with Crippen molar-refractivity contribution in [2.45, 2.75) is 19.8 Å². The highest BCUT2D eigenvalue weighted by atomic mass is 16.6. The van der Waals surface area contributed by atoms with E-state index in [0.29, 0.717) is 0 Å². The average Bonchev–Trinajstić information content (AvgIpc) is 1.97. The fraction of sp³-hybridized carbons (Fsp3) is 1.00. The number of unbranched alkanes of at least 4 members (excludes halogenated alkanes) is 1. The largest absolute Gasteiger partial charge is 0.385 e. The topological polar surface area (TPSA) is 30.5 Å². The van der Waals surface area contributed by atoms with E-state index in [2.05, 4.69) is 5.48 Å². The minimum absolute atomic E-state index is 0.726. The van der Waals surface area contributed by atoms with Gasteiger partial charge in [0.1, 0.15) is 0 Å². The highest BCUT2D eigenvalue weighted by Crippen LogP contribution is 1.86. The second kappa shape index (κ2) is 8.88. The lowest BCUT2D eigenvalue weighted by Crippen LogP contribution is -2.15. The molecule has 0 spiro atoms. The van der Waals surface area contributed by atoms with E-state index in [1.807, 2.05) is 6.92 Å². The molecular formula is C7H17NO2. The number of methoxy groups -OCH3 is 1. The van der Waals surface area contributed by atoms with Gasteiger partial charge in [-0.1, -0.05) is 0 Å². The van der Waals surface area contributed by atoms with E-state index in [1.165, 1.54) is 0 Å². The summed E-state index contributed by atoms with van der Waals surface area (Å²) in [6, 6.07) is 0. The molecule has 3 nitrogen and oxygen atoms in total. The number of hydroxylamine groups is 1. The second-order valence-electron chi connectivity index (χ2n) is 2.03. The third-order valence-electron chi connectivity index (χ3n) is 1.12. The van der Waals surface area contributed by atoms with Gasteiger partial charge >= 0.3 is 0 Å². The second-order valence-corrected chi connectivity index (χ2v) is 2.03. The number of hydrogen-bond acceptors (Lipinski definition) is 3. The molecule has 0 amide bonds. The summed E-state index contributed by atoms with van der Waals surface area (Å²) in [5, 5.41) is 0. The molecule has 0 aliphatic carbocycles. The van der Waals surface area contributed by atoms with Crippen molar-refractivity contribution in [3.05, 3.63) is 0 Å². The van der Waals surface area contributed by atoms with Gasteiger partial charge in [-0.05, 0) is 19.8 Å². The number of nitrogens with one attached hydrogen (secondary N) is 1. The predicted molar refractivity (Wildman–Crippen MR) is 40.7 cm³/mol. The third kappa shape index (κ3) is 7.88. The first-order chi connectivity index (χ1) is 4.91. The third-order valence-corrected chi connectivity index (χ3v) is 1.12. The van der Waals surface area contributed by atoms with Gasteiger partial charge in [0.2, 0.25) is 0 Å². The van der Waals surface area contributed by atoms with Gasteiger partial charge in [-0.3, -0.25) is 0 Å². The summed E-state index contributed by atoms with van der Waals surface area (Å²) in [4.78, 5) is 4.92. The van der Waals surface area contributed by atoms with Gasteiger partial charge < -0.3 is 9.57 Å². The molecule has 0 aromatic rings. The first kappa shape index (κ1) is 9.88. The maximum absolute atomic E-state index is 4.92. The summed E-state index contributed by atoms with van der Waals surface area (Å²) < 4.78 is 4.88. The molecule has 0 aliphatic heterocycles. The summed E-state index contributed by atoms with van der Waals surface area (Å²) >= 11 is 0. The van der Waals surface area contributed by atoms with Crippen molar-refractivity contribution in [1.29, 1.82) is 0 Å². The monoisotopic (exact) mass is 147 g/mol. The van der Waals surface area contributed by atoms with Gasteiger partial charge in [-0.2, -0.15) is 0 Å². The van der Waals surface area contributed by atoms with E-state index < -0.39 is 0 Å². The van der Waals surface area contributed by atoms with Crippen molar-refractivity contribution in [2.24, 2.45) is 0 Å². The number of rotatable bonds is 7. The van der Waals surface area contributed by atoms with Gasteiger partial charge in [0.25, 0.3) is 0 Å². The summed E-state index contributed by atoms with van der Waals surface area (Å²) in [6.45, 7) is 4.44. The van der Waals surface area contributed by atoms with Crippen LogP contribution in [0.1, 0.15) is 19.8 Å². The van der Waals surface area contributed by atoms with Gasteiger partial charge in [-0.25, -0.2) is 5.48 Å². The van der Waals surface area contributed by atoms with E-state index in [4.69, 9.17) is 9.57 Å². The highest BCUT2D eigenvalue weighted by Gasteiger charge is 1.86. The van der Waals surface area contributed by atoms with Crippen LogP contribution in [0.5, 0.6) is 0 Å². The standard InChI is InChI=1S/C7H17NO2/c1-3-10-8-6-4-5-7-9-2/h8H,3-7H2,1-2H3. The van der Waals surface area contributed by atoms with Gasteiger partial charge in [-0.15, -0.1) is 0 Å². The molecule has 0 saturated heterocycles. The van der Waals surface area contributed by atoms with E-state index >= 15 is 0 Å². The van der Waals surface area contributed by atoms with Crippen LogP contribution in [0.15, 0.2) is 0 Å². The van der Waals surface area contributed by atoms with Crippen LogP contribution in [-0.4, -0.2) is 26.9 Å². The van der Waals surface area contributed by atoms with Crippen LogP contribution in [0, 0.1) is 0 Å². The molecule has 0 saturated carbocycles. The first-order valence-corrected chi connectivity index (χ1v) is 3.75. The molecule has 10 heavy (non-hydrogen) atoms. The molecule has 3 heteroatoms. The zero-order valence-electron chi connectivity index (χ0n) is 6.85. The van der Waals surface area contributed by atoms with Crippen LogP contribution < -0.4 is 5.48 Å². The molecule has 0 heterocycles. The van der Waals surface area contributed by atoms with Crippen molar-refractivity contribution in [1.82, 2.24) is 5.48 Å². The van der Waals surface area contributed by atoms with Crippen molar-refractivity contribution in [2.75, 3.05) is 26.9 Å². The molecule has 0 atom stereocenters. The van der Waals surface area contributed by atoms with Gasteiger partial charge in [0.15, 0.2) is 0 Å². The van der Waals surface area contributed by atoms with Crippen molar-refractivity contribution >= 4 is 0 Å². The Morgan fingerprint density at radius 3 is 2.70 bits per heavy atom. The quantitative estimate of drug-likeness (QED) is 0.429. The molecule has 0 aromatic heterocycles. The smallest absolute Gasteiger partial charge is 0.0653 e. The lowest BCUT2D eigenvalue weighted by molar-refractivity contribution is 0.0488. The molecule has 0 radical (unpaired) electrons. The minimum atomic E-state index is 0.726. The molecular weight excluding hydrogens is 130 g/mol. The SMILES string of the molecule is CCONCCCCOC. The lowest BCUT2D eigenvalue weighted by atomic mass is 10.3. The van der Waals surface area contributed by atoms with Crippen LogP contribution in [0.4, 0.5) is 0 Å². The highest BCUT2D eigenvalue weighted by molar-refractivity contribution is 4.38. The Morgan fingerprint density at radius 2 is 2.10 bits per heavy atom. The zero-order valence-corrected chi connectivity index (χ0v) is 6.85. The first-order valence-electron chi connectivity index (χ1n) is 3.75. The zero-order chi connectivity index (χ0) is 7.66. The fourth-order valence-corrected chi connectivity index (χ4v) is 0.618. The summed E-state index contributed by atoms with van der Waals surface area (Å²) in [7, 11) is 1.72. The maximum atomic E-state index is 4.92. The van der Waals surface area contributed by atoms with Crippen LogP contribution in [-0.2, 0) is 9.57 Å². The fourth-order valence-electron chi connectivity index (χ4n) is 0.618. The van der Waals surface area contributed by atoms with E-state index in [-0.39, 0.29) is 0 Å². The van der Waals surface area contributed by atoms with Crippen LogP contribution >= 0.6 is 0 Å². The average molecular weight is 147 g/mol. The van der Waals surface area contributed by atoms with E-state index in [0.717, 1.165) is 32.6 Å². The predicted octanol–water partition coefficient (Wildman–Crippen LogP) is 0.954. The maximum Gasteiger partial charge on any atom is 0.0653 e. The molecule has 62 valence electrons. The molecule has 0 unspecified atom stereocenters. The van der Waals surface area contributed by atoms with Crippen LogP contribution in [0.3, 0.4) is 0 Å².